The van der Waals surface area contributed by atoms with Crippen molar-refractivity contribution in [1.82, 2.24) is 15.1 Å². The Morgan fingerprint density at radius 2 is 1.88 bits per heavy atom. The minimum Gasteiger partial charge on any atom is -0.480 e. The number of carbonyl (C=O) groups excluding carboxylic acids is 1. The molecule has 2 heterocycles. The molecule has 1 saturated heterocycles. The molecule has 26 heavy (non-hydrogen) atoms. The highest BCUT2D eigenvalue weighted by molar-refractivity contribution is 5.98. The first kappa shape index (κ1) is 16.8. The molecule has 136 valence electrons. The average molecular weight is 355 g/mol. The van der Waals surface area contributed by atoms with E-state index >= 15 is 0 Å². The fourth-order valence-corrected chi connectivity index (χ4v) is 3.79. The molecule has 2 N–H and O–H groups in total. The summed E-state index contributed by atoms with van der Waals surface area (Å²) < 4.78 is 7.08. The number of carbonyl (C=O) groups is 2. The molecule has 1 amide bonds. The molecular weight excluding hydrogens is 334 g/mol. The Morgan fingerprint density at radius 3 is 2.58 bits per heavy atom. The molecule has 0 radical (unpaired) electrons. The summed E-state index contributed by atoms with van der Waals surface area (Å²) in [6.45, 7) is 0.645. The maximum Gasteiger partial charge on any atom is 0.329 e. The van der Waals surface area contributed by atoms with Crippen molar-refractivity contribution in [2.75, 3.05) is 13.2 Å². The van der Waals surface area contributed by atoms with Crippen LogP contribution >= 0.6 is 0 Å². The van der Waals surface area contributed by atoms with Crippen LogP contribution in [0.4, 0.5) is 0 Å². The van der Waals surface area contributed by atoms with Gasteiger partial charge in [-0.05, 0) is 31.4 Å². The maximum atomic E-state index is 12.9. The number of hydrogen-bond donors (Lipinski definition) is 2. The molecule has 1 aromatic heterocycles. The van der Waals surface area contributed by atoms with Gasteiger partial charge in [-0.1, -0.05) is 18.2 Å². The van der Waals surface area contributed by atoms with Gasteiger partial charge in [-0.2, -0.15) is 5.10 Å². The minimum atomic E-state index is -1.28. The molecule has 0 saturated carbocycles. The lowest BCUT2D eigenvalue weighted by Gasteiger charge is -2.33. The molecule has 2 aromatic rings. The molecule has 0 bridgehead atoms. The number of hydrogen-bond acceptors (Lipinski definition) is 4. The highest BCUT2D eigenvalue weighted by Crippen LogP contribution is 2.29. The molecule has 7 nitrogen and oxygen atoms in total. The second kappa shape index (κ2) is 6.57. The van der Waals surface area contributed by atoms with Crippen molar-refractivity contribution in [2.45, 2.75) is 37.6 Å². The zero-order valence-electron chi connectivity index (χ0n) is 14.4. The normalized spacial score (nSPS) is 18.3. The first-order valence-corrected chi connectivity index (χ1v) is 8.90. The van der Waals surface area contributed by atoms with Crippen molar-refractivity contribution in [3.05, 3.63) is 47.3 Å². The predicted molar refractivity (Wildman–Crippen MR) is 93.5 cm³/mol. The standard InChI is InChI=1S/C19H21N3O4/c23-17(20-19(18(24)25)9-11-26-12-10-19)16-14-7-4-8-15(14)22(21-16)13-5-2-1-3-6-13/h1-3,5-6H,4,7-12H2,(H,20,23)(H,24,25). The molecular formula is C19H21N3O4. The number of benzene rings is 1. The van der Waals surface area contributed by atoms with Gasteiger partial charge in [-0.3, -0.25) is 4.79 Å². The summed E-state index contributed by atoms with van der Waals surface area (Å²) in [6, 6.07) is 9.69. The van der Waals surface area contributed by atoms with Crippen LogP contribution in [0, 0.1) is 0 Å². The predicted octanol–water partition coefficient (Wildman–Crippen LogP) is 1.72. The molecule has 2 aliphatic rings. The van der Waals surface area contributed by atoms with Crippen molar-refractivity contribution in [2.24, 2.45) is 0 Å². The number of carboxylic acids is 1. The third-order valence-corrected chi connectivity index (χ3v) is 5.25. The molecule has 1 aromatic carbocycles. The Bertz CT molecular complexity index is 838. The number of nitrogens with zero attached hydrogens (tertiary/aromatic N) is 2. The first-order valence-electron chi connectivity index (χ1n) is 8.90. The summed E-state index contributed by atoms with van der Waals surface area (Å²) >= 11 is 0. The lowest BCUT2D eigenvalue weighted by atomic mass is 9.90. The summed E-state index contributed by atoms with van der Waals surface area (Å²) in [5.74, 6) is -1.43. The van der Waals surface area contributed by atoms with Gasteiger partial charge < -0.3 is 15.2 Å². The van der Waals surface area contributed by atoms with Gasteiger partial charge in [0.1, 0.15) is 5.54 Å². The van der Waals surface area contributed by atoms with Crippen LogP contribution in [0.3, 0.4) is 0 Å². The quantitative estimate of drug-likeness (QED) is 0.871. The molecule has 1 aliphatic heterocycles. The summed E-state index contributed by atoms with van der Waals surface area (Å²) in [5, 5.41) is 17.0. The molecule has 1 aliphatic carbocycles. The average Bonchev–Trinajstić information content (AvgIpc) is 3.25. The Kier molecular flexibility index (Phi) is 4.24. The zero-order chi connectivity index (χ0) is 18.1. The molecule has 7 heteroatoms. The van der Waals surface area contributed by atoms with Crippen LogP contribution in [0.2, 0.25) is 0 Å². The summed E-state index contributed by atoms with van der Waals surface area (Å²) in [6.07, 6.45) is 3.14. The van der Waals surface area contributed by atoms with Gasteiger partial charge in [0.05, 0.1) is 5.69 Å². The smallest absolute Gasteiger partial charge is 0.329 e. The Balaban J connectivity index is 1.68. The van der Waals surface area contributed by atoms with Crippen LogP contribution in [0.1, 0.15) is 41.0 Å². The van der Waals surface area contributed by atoms with Gasteiger partial charge in [0, 0.05) is 37.3 Å². The number of rotatable bonds is 4. The monoisotopic (exact) mass is 355 g/mol. The van der Waals surface area contributed by atoms with Gasteiger partial charge in [-0.25, -0.2) is 9.48 Å². The maximum absolute atomic E-state index is 12.9. The third-order valence-electron chi connectivity index (χ3n) is 5.25. The third kappa shape index (κ3) is 2.78. The zero-order valence-corrected chi connectivity index (χ0v) is 14.4. The summed E-state index contributed by atoms with van der Waals surface area (Å²) in [7, 11) is 0. The van der Waals surface area contributed by atoms with Crippen LogP contribution in [0.25, 0.3) is 5.69 Å². The van der Waals surface area contributed by atoms with E-state index in [1.165, 1.54) is 0 Å². The molecule has 1 fully saturated rings. The first-order chi connectivity index (χ1) is 12.6. The molecule has 0 atom stereocenters. The number of aromatic nitrogens is 2. The van der Waals surface area contributed by atoms with Crippen molar-refractivity contribution < 1.29 is 19.4 Å². The number of carboxylic acid groups (broad SMARTS) is 1. The van der Waals surface area contributed by atoms with E-state index in [1.807, 2.05) is 35.0 Å². The van der Waals surface area contributed by atoms with Crippen molar-refractivity contribution in [3.63, 3.8) is 0 Å². The highest BCUT2D eigenvalue weighted by atomic mass is 16.5. The van der Waals surface area contributed by atoms with E-state index < -0.39 is 17.4 Å². The lowest BCUT2D eigenvalue weighted by Crippen LogP contribution is -2.57. The fourth-order valence-electron chi connectivity index (χ4n) is 3.79. The van der Waals surface area contributed by atoms with E-state index in [1.54, 1.807) is 0 Å². The number of fused-ring (bicyclic) bond motifs is 1. The van der Waals surface area contributed by atoms with Crippen LogP contribution in [-0.4, -0.2) is 45.5 Å². The topological polar surface area (TPSA) is 93.5 Å². The SMILES string of the molecule is O=C(NC1(C(=O)O)CCOCC1)c1nn(-c2ccccc2)c2c1CCC2. The Hall–Kier alpha value is -2.67. The van der Waals surface area contributed by atoms with E-state index in [0.29, 0.717) is 18.9 Å². The number of nitrogens with one attached hydrogen (secondary N) is 1. The van der Waals surface area contributed by atoms with Gasteiger partial charge in [0.25, 0.3) is 5.91 Å². The van der Waals surface area contributed by atoms with Gasteiger partial charge >= 0.3 is 5.97 Å². The number of para-hydroxylation sites is 1. The fraction of sp³-hybridized carbons (Fsp3) is 0.421. The van der Waals surface area contributed by atoms with Gasteiger partial charge in [0.2, 0.25) is 0 Å². The lowest BCUT2D eigenvalue weighted by molar-refractivity contribution is -0.148. The van der Waals surface area contributed by atoms with E-state index in [9.17, 15) is 14.7 Å². The van der Waals surface area contributed by atoms with E-state index in [2.05, 4.69) is 10.4 Å². The molecule has 0 spiro atoms. The van der Waals surface area contributed by atoms with Crippen molar-refractivity contribution >= 4 is 11.9 Å². The second-order valence-corrected chi connectivity index (χ2v) is 6.83. The largest absolute Gasteiger partial charge is 0.480 e. The molecule has 4 rings (SSSR count). The number of aliphatic carboxylic acids is 1. The second-order valence-electron chi connectivity index (χ2n) is 6.83. The van der Waals surface area contributed by atoms with Crippen molar-refractivity contribution in [1.29, 1.82) is 0 Å². The van der Waals surface area contributed by atoms with E-state index in [4.69, 9.17) is 4.74 Å². The van der Waals surface area contributed by atoms with Gasteiger partial charge in [-0.15, -0.1) is 0 Å². The Labute approximate surface area is 151 Å². The summed E-state index contributed by atoms with van der Waals surface area (Å²) in [4.78, 5) is 24.7. The molecule has 0 unspecified atom stereocenters. The van der Waals surface area contributed by atoms with E-state index in [0.717, 1.165) is 36.2 Å². The van der Waals surface area contributed by atoms with Crippen LogP contribution in [-0.2, 0) is 22.4 Å². The number of ether oxygens (including phenoxy) is 1. The number of amides is 1. The van der Waals surface area contributed by atoms with Crippen LogP contribution in [0.15, 0.2) is 30.3 Å². The van der Waals surface area contributed by atoms with E-state index in [-0.39, 0.29) is 12.8 Å². The van der Waals surface area contributed by atoms with Crippen molar-refractivity contribution in [3.8, 4) is 5.69 Å². The highest BCUT2D eigenvalue weighted by Gasteiger charge is 2.43. The Morgan fingerprint density at radius 1 is 1.15 bits per heavy atom. The minimum absolute atomic E-state index is 0.260. The van der Waals surface area contributed by atoms with Crippen LogP contribution < -0.4 is 5.32 Å². The summed E-state index contributed by atoms with van der Waals surface area (Å²) in [5.41, 5.74) is 1.94. The van der Waals surface area contributed by atoms with Crippen LogP contribution in [0.5, 0.6) is 0 Å². The van der Waals surface area contributed by atoms with Gasteiger partial charge in [0.15, 0.2) is 5.69 Å².